The van der Waals surface area contributed by atoms with Crippen molar-refractivity contribution in [3.05, 3.63) is 47.4 Å². The summed E-state index contributed by atoms with van der Waals surface area (Å²) in [6, 6.07) is 7.34. The molecular weight excluding hydrogens is 281 g/mol. The fraction of sp³-hybridized carbons (Fsp3) is 0. The highest BCUT2D eigenvalue weighted by atomic mass is 32.1. The molecule has 0 fully saturated rings. The lowest BCUT2D eigenvalue weighted by Gasteiger charge is -2.05. The molecule has 0 saturated carbocycles. The van der Waals surface area contributed by atoms with E-state index in [0.717, 1.165) is 11.3 Å². The summed E-state index contributed by atoms with van der Waals surface area (Å²) in [7, 11) is 0. The Balaban J connectivity index is 2.02. The smallest absolute Gasteiger partial charge is 0.345 e. The molecule has 5 nitrogen and oxygen atoms in total. The van der Waals surface area contributed by atoms with Crippen molar-refractivity contribution in [2.45, 2.75) is 0 Å². The SMILES string of the molecule is O=C(O)c1cc2c(Nc3ccc(F)cc3)ncnc2s1. The lowest BCUT2D eigenvalue weighted by atomic mass is 10.3. The molecule has 2 heterocycles. The minimum Gasteiger partial charge on any atom is -0.477 e. The molecule has 0 aliphatic rings. The number of benzene rings is 1. The maximum atomic E-state index is 12.9. The highest BCUT2D eigenvalue weighted by Gasteiger charge is 2.13. The normalized spacial score (nSPS) is 10.7. The van der Waals surface area contributed by atoms with E-state index in [1.807, 2.05) is 0 Å². The van der Waals surface area contributed by atoms with E-state index in [1.165, 1.54) is 24.5 Å². The van der Waals surface area contributed by atoms with Gasteiger partial charge in [-0.15, -0.1) is 11.3 Å². The summed E-state index contributed by atoms with van der Waals surface area (Å²) in [5, 5.41) is 12.6. The van der Waals surface area contributed by atoms with Gasteiger partial charge in [0.05, 0.1) is 5.39 Å². The first-order chi connectivity index (χ1) is 9.63. The van der Waals surface area contributed by atoms with Crippen LogP contribution in [0.5, 0.6) is 0 Å². The standard InChI is InChI=1S/C13H8FN3O2S/c14-7-1-3-8(4-2-7)17-11-9-5-10(13(18)19)20-12(9)16-6-15-11/h1-6H,(H,18,19)(H,15,16,17). The quantitative estimate of drug-likeness (QED) is 0.774. The zero-order valence-electron chi connectivity index (χ0n) is 10.0. The summed E-state index contributed by atoms with van der Waals surface area (Å²) in [6.07, 6.45) is 1.36. The predicted octanol–water partition coefficient (Wildman–Crippen LogP) is 3.27. The summed E-state index contributed by atoms with van der Waals surface area (Å²) in [5.74, 6) is -0.835. The summed E-state index contributed by atoms with van der Waals surface area (Å²) >= 11 is 1.08. The van der Waals surface area contributed by atoms with Gasteiger partial charge < -0.3 is 10.4 Å². The lowest BCUT2D eigenvalue weighted by molar-refractivity contribution is 0.0702. The number of carboxylic acids is 1. The molecule has 100 valence electrons. The topological polar surface area (TPSA) is 75.1 Å². The molecule has 0 amide bonds. The number of hydrogen-bond donors (Lipinski definition) is 2. The largest absolute Gasteiger partial charge is 0.477 e. The molecule has 0 atom stereocenters. The number of aromatic nitrogens is 2. The number of hydrogen-bond acceptors (Lipinski definition) is 5. The number of carboxylic acid groups (broad SMARTS) is 1. The van der Waals surface area contributed by atoms with E-state index >= 15 is 0 Å². The van der Waals surface area contributed by atoms with Crippen molar-refractivity contribution >= 4 is 39.0 Å². The number of halogens is 1. The summed E-state index contributed by atoms with van der Waals surface area (Å²) < 4.78 is 12.9. The third-order valence-corrected chi connectivity index (χ3v) is 3.68. The Kier molecular flexibility index (Phi) is 3.03. The second-order valence-electron chi connectivity index (χ2n) is 3.99. The fourth-order valence-corrected chi connectivity index (χ4v) is 2.57. The first-order valence-corrected chi connectivity index (χ1v) is 6.45. The molecule has 0 aliphatic carbocycles. The number of rotatable bonds is 3. The molecule has 0 unspecified atom stereocenters. The van der Waals surface area contributed by atoms with Gasteiger partial charge in [-0.2, -0.15) is 0 Å². The minimum atomic E-state index is -0.999. The fourth-order valence-electron chi connectivity index (χ4n) is 1.73. The molecule has 7 heteroatoms. The maximum Gasteiger partial charge on any atom is 0.345 e. The van der Waals surface area contributed by atoms with Gasteiger partial charge >= 0.3 is 5.97 Å². The number of carbonyl (C=O) groups is 1. The van der Waals surface area contributed by atoms with Crippen molar-refractivity contribution in [3.8, 4) is 0 Å². The van der Waals surface area contributed by atoms with Gasteiger partial charge in [0.25, 0.3) is 0 Å². The molecule has 3 rings (SSSR count). The van der Waals surface area contributed by atoms with Crippen LogP contribution in [0, 0.1) is 5.82 Å². The second kappa shape index (κ2) is 4.86. The Bertz CT molecular complexity index is 786. The van der Waals surface area contributed by atoms with Crippen LogP contribution in [-0.2, 0) is 0 Å². The van der Waals surface area contributed by atoms with Crippen LogP contribution in [0.1, 0.15) is 9.67 Å². The zero-order valence-corrected chi connectivity index (χ0v) is 10.8. The number of anilines is 2. The summed E-state index contributed by atoms with van der Waals surface area (Å²) in [6.45, 7) is 0. The Morgan fingerprint density at radius 3 is 2.70 bits per heavy atom. The maximum absolute atomic E-state index is 12.9. The van der Waals surface area contributed by atoms with Gasteiger partial charge in [0, 0.05) is 5.69 Å². The monoisotopic (exact) mass is 289 g/mol. The summed E-state index contributed by atoms with van der Waals surface area (Å²) in [5.41, 5.74) is 0.662. The van der Waals surface area contributed by atoms with E-state index in [1.54, 1.807) is 12.1 Å². The van der Waals surface area contributed by atoms with E-state index in [-0.39, 0.29) is 10.7 Å². The Morgan fingerprint density at radius 1 is 1.25 bits per heavy atom. The molecule has 2 aromatic heterocycles. The molecule has 2 N–H and O–H groups in total. The molecule has 0 spiro atoms. The van der Waals surface area contributed by atoms with Crippen molar-refractivity contribution in [3.63, 3.8) is 0 Å². The average molecular weight is 289 g/mol. The molecule has 0 aliphatic heterocycles. The van der Waals surface area contributed by atoms with Crippen molar-refractivity contribution in [2.75, 3.05) is 5.32 Å². The van der Waals surface area contributed by atoms with Gasteiger partial charge in [-0.25, -0.2) is 19.2 Å². The first kappa shape index (κ1) is 12.5. The average Bonchev–Trinajstić information content (AvgIpc) is 2.87. The third kappa shape index (κ3) is 2.30. The van der Waals surface area contributed by atoms with Gasteiger partial charge in [0.15, 0.2) is 0 Å². The number of fused-ring (bicyclic) bond motifs is 1. The van der Waals surface area contributed by atoms with Gasteiger partial charge in [-0.3, -0.25) is 0 Å². The van der Waals surface area contributed by atoms with Crippen LogP contribution in [0.15, 0.2) is 36.7 Å². The molecule has 0 saturated heterocycles. The van der Waals surface area contributed by atoms with Gasteiger partial charge in [-0.1, -0.05) is 0 Å². The van der Waals surface area contributed by atoms with E-state index in [0.29, 0.717) is 21.7 Å². The Labute approximate surface area is 116 Å². The van der Waals surface area contributed by atoms with E-state index < -0.39 is 5.97 Å². The lowest BCUT2D eigenvalue weighted by Crippen LogP contribution is -1.94. The van der Waals surface area contributed by atoms with Crippen LogP contribution in [0.2, 0.25) is 0 Å². The molecule has 20 heavy (non-hydrogen) atoms. The highest BCUT2D eigenvalue weighted by molar-refractivity contribution is 7.20. The van der Waals surface area contributed by atoms with Crippen molar-refractivity contribution in [1.29, 1.82) is 0 Å². The molecule has 3 aromatic rings. The van der Waals surface area contributed by atoms with Crippen LogP contribution < -0.4 is 5.32 Å². The van der Waals surface area contributed by atoms with Gasteiger partial charge in [0.2, 0.25) is 0 Å². The minimum absolute atomic E-state index is 0.197. The molecular formula is C13H8FN3O2S. The highest BCUT2D eigenvalue weighted by Crippen LogP contribution is 2.29. The van der Waals surface area contributed by atoms with Gasteiger partial charge in [0.1, 0.15) is 27.7 Å². The second-order valence-corrected chi connectivity index (χ2v) is 5.02. The Hall–Kier alpha value is -2.54. The number of nitrogens with one attached hydrogen (secondary N) is 1. The van der Waals surface area contributed by atoms with E-state index in [9.17, 15) is 9.18 Å². The molecule has 0 bridgehead atoms. The van der Waals surface area contributed by atoms with Crippen LogP contribution in [0.4, 0.5) is 15.9 Å². The van der Waals surface area contributed by atoms with E-state index in [2.05, 4.69) is 15.3 Å². The first-order valence-electron chi connectivity index (χ1n) is 5.64. The number of thiophene rings is 1. The number of nitrogens with zero attached hydrogens (tertiary/aromatic N) is 2. The van der Waals surface area contributed by atoms with Crippen LogP contribution in [0.3, 0.4) is 0 Å². The summed E-state index contributed by atoms with van der Waals surface area (Å²) in [4.78, 5) is 19.9. The van der Waals surface area contributed by atoms with Crippen LogP contribution >= 0.6 is 11.3 Å². The van der Waals surface area contributed by atoms with Crippen molar-refractivity contribution < 1.29 is 14.3 Å². The molecule has 0 radical (unpaired) electrons. The molecule has 1 aromatic carbocycles. The zero-order chi connectivity index (χ0) is 14.1. The van der Waals surface area contributed by atoms with Crippen LogP contribution in [0.25, 0.3) is 10.2 Å². The van der Waals surface area contributed by atoms with Crippen molar-refractivity contribution in [2.24, 2.45) is 0 Å². The van der Waals surface area contributed by atoms with Gasteiger partial charge in [-0.05, 0) is 30.3 Å². The third-order valence-electron chi connectivity index (χ3n) is 2.65. The predicted molar refractivity (Wildman–Crippen MR) is 74.1 cm³/mol. The Morgan fingerprint density at radius 2 is 2.00 bits per heavy atom. The number of aromatic carboxylic acids is 1. The van der Waals surface area contributed by atoms with Crippen molar-refractivity contribution in [1.82, 2.24) is 9.97 Å². The van der Waals surface area contributed by atoms with E-state index in [4.69, 9.17) is 5.11 Å². The van der Waals surface area contributed by atoms with Crippen LogP contribution in [-0.4, -0.2) is 21.0 Å².